The lowest BCUT2D eigenvalue weighted by atomic mass is 10.0. The van der Waals surface area contributed by atoms with Crippen LogP contribution in [-0.2, 0) is 4.79 Å². The number of amides is 1. The second-order valence-corrected chi connectivity index (χ2v) is 7.14. The molecule has 3 rings (SSSR count). The van der Waals surface area contributed by atoms with Gasteiger partial charge in [-0.1, -0.05) is 18.2 Å². The average Bonchev–Trinajstić information content (AvgIpc) is 2.91. The minimum Gasteiger partial charge on any atom is -0.373 e. The Labute approximate surface area is 154 Å². The zero-order valence-electron chi connectivity index (χ0n) is 15.5. The number of benzene rings is 2. The van der Waals surface area contributed by atoms with E-state index in [-0.39, 0.29) is 11.7 Å². The lowest BCUT2D eigenvalue weighted by Gasteiger charge is -2.25. The second-order valence-electron chi connectivity index (χ2n) is 7.14. The van der Waals surface area contributed by atoms with Crippen molar-refractivity contribution in [2.45, 2.75) is 45.5 Å². The molecule has 1 heterocycles. The molecular weight excluding hydrogens is 357 g/mol. The maximum Gasteiger partial charge on any atom is 0.426 e. The molecule has 4 nitrogen and oxygen atoms in total. The fourth-order valence-corrected chi connectivity index (χ4v) is 3.33. The Bertz CT molecular complexity index is 1030. The summed E-state index contributed by atoms with van der Waals surface area (Å²) in [5.74, 6) is -1.51. The number of fused-ring (bicyclic) bond motifs is 3. The minimum absolute atomic E-state index is 0.179. The zero-order valence-corrected chi connectivity index (χ0v) is 15.5. The molecule has 0 spiro atoms. The molecule has 0 radical (unpaired) electrons. The number of rotatable bonds is 3. The van der Waals surface area contributed by atoms with E-state index in [0.29, 0.717) is 12.5 Å². The maximum atomic E-state index is 12.9. The number of para-hydroxylation sites is 1. The lowest BCUT2D eigenvalue weighted by Crippen LogP contribution is -2.52. The van der Waals surface area contributed by atoms with Gasteiger partial charge in [0, 0.05) is 33.5 Å². The van der Waals surface area contributed by atoms with Crippen LogP contribution in [0.5, 0.6) is 0 Å². The van der Waals surface area contributed by atoms with Gasteiger partial charge in [0.15, 0.2) is 0 Å². The highest BCUT2D eigenvalue weighted by molar-refractivity contribution is 6.12. The molecule has 0 saturated heterocycles. The van der Waals surface area contributed by atoms with E-state index in [0.717, 1.165) is 21.8 Å². The van der Waals surface area contributed by atoms with Crippen LogP contribution in [-0.4, -0.2) is 27.4 Å². The van der Waals surface area contributed by atoms with Crippen molar-refractivity contribution >= 4 is 33.4 Å². The standard InChI is InChI=1S/C20H21F3N2O2/c1-11(2)25-15-8-6-5-7-13(15)17-12(3)14(9-10-16(17)25)24-18(26)19(4,27)20(21,22)23/h5-11,27H,1-4H3,(H,24,26). The number of nitrogens with zero attached hydrogens (tertiary/aromatic N) is 1. The number of carbonyl (C=O) groups excluding carboxylic acids is 1. The Hall–Kier alpha value is -2.54. The number of hydrogen-bond acceptors (Lipinski definition) is 2. The summed E-state index contributed by atoms with van der Waals surface area (Å²) in [6.07, 6.45) is -5.07. The van der Waals surface area contributed by atoms with E-state index in [1.165, 1.54) is 0 Å². The number of aryl methyl sites for hydroxylation is 1. The predicted octanol–water partition coefficient (Wildman–Crippen LogP) is 4.94. The van der Waals surface area contributed by atoms with Crippen molar-refractivity contribution in [1.82, 2.24) is 4.57 Å². The molecule has 1 atom stereocenters. The smallest absolute Gasteiger partial charge is 0.373 e. The number of anilines is 1. The molecule has 1 unspecified atom stereocenters. The van der Waals surface area contributed by atoms with Crippen molar-refractivity contribution in [2.24, 2.45) is 0 Å². The van der Waals surface area contributed by atoms with Gasteiger partial charge in [-0.25, -0.2) is 0 Å². The first-order valence-corrected chi connectivity index (χ1v) is 8.59. The van der Waals surface area contributed by atoms with Gasteiger partial charge in [-0.2, -0.15) is 13.2 Å². The van der Waals surface area contributed by atoms with Crippen LogP contribution in [0.1, 0.15) is 32.4 Å². The summed E-state index contributed by atoms with van der Waals surface area (Å²) in [6, 6.07) is 11.3. The first-order valence-electron chi connectivity index (χ1n) is 8.59. The fraction of sp³-hybridized carbons (Fsp3) is 0.350. The number of alkyl halides is 3. The lowest BCUT2D eigenvalue weighted by molar-refractivity contribution is -0.242. The van der Waals surface area contributed by atoms with Gasteiger partial charge in [-0.3, -0.25) is 4.79 Å². The van der Waals surface area contributed by atoms with Gasteiger partial charge in [0.1, 0.15) is 0 Å². The molecular formula is C20H21F3N2O2. The molecule has 144 valence electrons. The molecule has 0 aliphatic heterocycles. The van der Waals surface area contributed by atoms with Crippen molar-refractivity contribution in [3.63, 3.8) is 0 Å². The number of carbonyl (C=O) groups is 1. The van der Waals surface area contributed by atoms with Gasteiger partial charge >= 0.3 is 6.18 Å². The van der Waals surface area contributed by atoms with Crippen LogP contribution < -0.4 is 5.32 Å². The summed E-state index contributed by atoms with van der Waals surface area (Å²) in [6.45, 7) is 6.30. The van der Waals surface area contributed by atoms with E-state index < -0.39 is 17.7 Å². The van der Waals surface area contributed by atoms with Gasteiger partial charge in [-0.15, -0.1) is 0 Å². The van der Waals surface area contributed by atoms with Crippen LogP contribution in [0, 0.1) is 6.92 Å². The highest BCUT2D eigenvalue weighted by Crippen LogP contribution is 2.37. The van der Waals surface area contributed by atoms with Crippen molar-refractivity contribution < 1.29 is 23.1 Å². The van der Waals surface area contributed by atoms with Crippen LogP contribution in [0.2, 0.25) is 0 Å². The quantitative estimate of drug-likeness (QED) is 0.679. The number of halogens is 3. The SMILES string of the molecule is Cc1c(NC(=O)C(C)(O)C(F)(F)F)ccc2c1c1ccccc1n2C(C)C. The summed E-state index contributed by atoms with van der Waals surface area (Å²) >= 11 is 0. The van der Waals surface area contributed by atoms with E-state index in [4.69, 9.17) is 0 Å². The summed E-state index contributed by atoms with van der Waals surface area (Å²) in [5.41, 5.74) is -0.640. The number of aromatic nitrogens is 1. The molecule has 1 aromatic heterocycles. The highest BCUT2D eigenvalue weighted by atomic mass is 19.4. The molecule has 2 N–H and O–H groups in total. The maximum absolute atomic E-state index is 12.9. The van der Waals surface area contributed by atoms with Gasteiger partial charge in [0.2, 0.25) is 5.60 Å². The van der Waals surface area contributed by atoms with Gasteiger partial charge < -0.3 is 15.0 Å². The molecule has 27 heavy (non-hydrogen) atoms. The second kappa shape index (κ2) is 6.27. The first-order chi connectivity index (χ1) is 12.5. The normalized spacial score (nSPS) is 14.7. The summed E-state index contributed by atoms with van der Waals surface area (Å²) in [7, 11) is 0. The summed E-state index contributed by atoms with van der Waals surface area (Å²) < 4.78 is 40.9. The third kappa shape index (κ3) is 2.96. The molecule has 0 bridgehead atoms. The number of aliphatic hydroxyl groups is 1. The van der Waals surface area contributed by atoms with E-state index in [1.807, 2.05) is 24.3 Å². The molecule has 0 aliphatic rings. The molecule has 0 aliphatic carbocycles. The fourth-order valence-electron chi connectivity index (χ4n) is 3.33. The summed E-state index contributed by atoms with van der Waals surface area (Å²) in [5, 5.41) is 13.6. The van der Waals surface area contributed by atoms with Crippen LogP contribution in [0.15, 0.2) is 36.4 Å². The molecule has 7 heteroatoms. The van der Waals surface area contributed by atoms with E-state index in [2.05, 4.69) is 23.7 Å². The third-order valence-electron chi connectivity index (χ3n) is 4.89. The van der Waals surface area contributed by atoms with Gasteiger partial charge in [-0.05, 0) is 51.5 Å². The molecule has 1 amide bonds. The Balaban J connectivity index is 2.17. The average molecular weight is 378 g/mol. The van der Waals surface area contributed by atoms with Crippen molar-refractivity contribution in [2.75, 3.05) is 5.32 Å². The predicted molar refractivity (Wildman–Crippen MR) is 99.9 cm³/mol. The molecule has 2 aromatic carbocycles. The molecule has 0 fully saturated rings. The molecule has 0 saturated carbocycles. The van der Waals surface area contributed by atoms with Crippen molar-refractivity contribution in [3.8, 4) is 0 Å². The van der Waals surface area contributed by atoms with Crippen LogP contribution in [0.3, 0.4) is 0 Å². The number of nitrogens with one attached hydrogen (secondary N) is 1. The first kappa shape index (κ1) is 19.2. The monoisotopic (exact) mass is 378 g/mol. The third-order valence-corrected chi connectivity index (χ3v) is 4.89. The van der Waals surface area contributed by atoms with E-state index in [1.54, 1.807) is 19.1 Å². The Morgan fingerprint density at radius 2 is 1.74 bits per heavy atom. The minimum atomic E-state index is -5.07. The highest BCUT2D eigenvalue weighted by Gasteiger charge is 2.55. The Kier molecular flexibility index (Phi) is 4.46. The van der Waals surface area contributed by atoms with E-state index >= 15 is 0 Å². The largest absolute Gasteiger partial charge is 0.426 e. The zero-order chi connectivity index (χ0) is 20.1. The van der Waals surface area contributed by atoms with Crippen molar-refractivity contribution in [3.05, 3.63) is 42.0 Å². The number of hydrogen-bond donors (Lipinski definition) is 2. The van der Waals surface area contributed by atoms with Crippen LogP contribution in [0.4, 0.5) is 18.9 Å². The van der Waals surface area contributed by atoms with E-state index in [9.17, 15) is 23.1 Å². The van der Waals surface area contributed by atoms with Gasteiger partial charge in [0.25, 0.3) is 5.91 Å². The summed E-state index contributed by atoms with van der Waals surface area (Å²) in [4.78, 5) is 12.1. The Morgan fingerprint density at radius 1 is 1.11 bits per heavy atom. The van der Waals surface area contributed by atoms with Crippen LogP contribution in [0.25, 0.3) is 21.8 Å². The van der Waals surface area contributed by atoms with Crippen LogP contribution >= 0.6 is 0 Å². The molecule has 3 aromatic rings. The van der Waals surface area contributed by atoms with Crippen molar-refractivity contribution in [1.29, 1.82) is 0 Å². The topological polar surface area (TPSA) is 54.3 Å². The Morgan fingerprint density at radius 3 is 2.33 bits per heavy atom. The van der Waals surface area contributed by atoms with Gasteiger partial charge in [0.05, 0.1) is 0 Å².